The van der Waals surface area contributed by atoms with Crippen molar-refractivity contribution in [3.05, 3.63) is 0 Å². The van der Waals surface area contributed by atoms with Crippen molar-refractivity contribution in [1.29, 1.82) is 0 Å². The van der Waals surface area contributed by atoms with E-state index >= 15 is 0 Å². The van der Waals surface area contributed by atoms with E-state index in [1.807, 2.05) is 0 Å². The molecule has 0 N–H and O–H groups in total. The van der Waals surface area contributed by atoms with Gasteiger partial charge in [-0.2, -0.15) is 0 Å². The molecule has 0 saturated carbocycles. The van der Waals surface area contributed by atoms with Crippen molar-refractivity contribution < 1.29 is 32.6 Å². The summed E-state index contributed by atoms with van der Waals surface area (Å²) in [5.41, 5.74) is 0. The van der Waals surface area contributed by atoms with Crippen LogP contribution in [-0.4, -0.2) is 65.5 Å². The van der Waals surface area contributed by atoms with E-state index in [2.05, 4.69) is 7.38 Å². The zero-order chi connectivity index (χ0) is 13.2. The second kappa shape index (κ2) is 5.46. The van der Waals surface area contributed by atoms with Crippen molar-refractivity contribution in [2.75, 3.05) is 18.8 Å². The maximum atomic E-state index is 10.7. The Morgan fingerprint density at radius 3 is 0.938 bits per heavy atom. The average Bonchev–Trinajstić information content (AvgIpc) is 1.70. The summed E-state index contributed by atoms with van der Waals surface area (Å²) in [5.74, 6) is 0. The Labute approximate surface area is 103 Å². The van der Waals surface area contributed by atoms with Crippen LogP contribution in [0.3, 0.4) is 0 Å². The first-order valence-corrected chi connectivity index (χ1v) is 11.8. The summed E-state index contributed by atoms with van der Waals surface area (Å²) in [5, 5.41) is 0. The van der Waals surface area contributed by atoms with Gasteiger partial charge in [0.1, 0.15) is 0 Å². The molecule has 0 aromatic rings. The van der Waals surface area contributed by atoms with Crippen LogP contribution in [0.1, 0.15) is 0 Å². The molecule has 0 heterocycles. The third-order valence-corrected chi connectivity index (χ3v) is 11.8. The summed E-state index contributed by atoms with van der Waals surface area (Å²) >= 11 is -4.34. The molecule has 0 spiro atoms. The van der Waals surface area contributed by atoms with Crippen LogP contribution >= 0.6 is 0 Å². The second-order valence-electron chi connectivity index (χ2n) is 2.56. The third-order valence-electron chi connectivity index (χ3n) is 0.589. The standard InChI is InChI=1S/3CH4O3S.Sb/c3*1-5(2,3)4;/h3*1H3,(H,2,3,4);/q;;;+3/p-3. The van der Waals surface area contributed by atoms with Gasteiger partial charge in [-0.25, -0.2) is 0 Å². The Kier molecular flexibility index (Phi) is 5.65. The molecule has 0 atom stereocenters. The Morgan fingerprint density at radius 1 is 0.625 bits per heavy atom. The second-order valence-corrected chi connectivity index (χ2v) is 12.3. The third kappa shape index (κ3) is 11.0. The Hall–Kier alpha value is 0.548. The summed E-state index contributed by atoms with van der Waals surface area (Å²) in [6.07, 6.45) is 1.84. The molecule has 0 aromatic carbocycles. The van der Waals surface area contributed by atoms with Crippen molar-refractivity contribution in [2.45, 2.75) is 0 Å². The van der Waals surface area contributed by atoms with Crippen LogP contribution < -0.4 is 0 Å². The van der Waals surface area contributed by atoms with Crippen LogP contribution in [-0.2, 0) is 37.7 Å². The van der Waals surface area contributed by atoms with Gasteiger partial charge in [-0.05, 0) is 0 Å². The molecule has 0 amide bonds. The van der Waals surface area contributed by atoms with E-state index in [0.717, 1.165) is 0 Å². The molecule has 0 aliphatic rings. The van der Waals surface area contributed by atoms with E-state index in [1.54, 1.807) is 0 Å². The van der Waals surface area contributed by atoms with Crippen LogP contribution in [0.15, 0.2) is 0 Å². The molecule has 0 rings (SSSR count). The fourth-order valence-electron chi connectivity index (χ4n) is 0.369. The zero-order valence-electron chi connectivity index (χ0n) is 8.35. The topological polar surface area (TPSA) is 130 Å². The number of hydrogen-bond donors (Lipinski definition) is 0. The van der Waals surface area contributed by atoms with Crippen LogP contribution in [0, 0.1) is 0 Å². The SMILES string of the molecule is CS(=O)(=O)[O][Sb]([O]S(C)(=O)=O)[O]S(C)(=O)=O. The fourth-order valence-corrected chi connectivity index (χ4v) is 8.92. The minimum absolute atomic E-state index is 0.613. The quantitative estimate of drug-likeness (QED) is 0.455. The molecule has 0 bridgehead atoms. The normalized spacial score (nSPS) is 14.2. The Morgan fingerprint density at radius 2 is 0.812 bits per heavy atom. The molecule has 98 valence electrons. The predicted molar refractivity (Wildman–Crippen MR) is 53.5 cm³/mol. The van der Waals surface area contributed by atoms with Crippen LogP contribution in [0.2, 0.25) is 0 Å². The summed E-state index contributed by atoms with van der Waals surface area (Å²) in [4.78, 5) is 0. The Balaban J connectivity index is 4.93. The molecule has 0 fully saturated rings. The maximum absolute atomic E-state index is 10.7. The van der Waals surface area contributed by atoms with E-state index in [0.29, 0.717) is 18.8 Å². The summed E-state index contributed by atoms with van der Waals surface area (Å²) < 4.78 is 76.6. The summed E-state index contributed by atoms with van der Waals surface area (Å²) in [6, 6.07) is 0. The molecule has 0 aliphatic carbocycles. The monoisotopic (exact) mass is 406 g/mol. The van der Waals surface area contributed by atoms with Gasteiger partial charge in [-0.15, -0.1) is 0 Å². The van der Waals surface area contributed by atoms with E-state index in [-0.39, 0.29) is 0 Å². The van der Waals surface area contributed by atoms with E-state index in [1.165, 1.54) is 0 Å². The average molecular weight is 407 g/mol. The molecule has 0 aromatic heterocycles. The first kappa shape index (κ1) is 16.5. The van der Waals surface area contributed by atoms with Gasteiger partial charge in [0.15, 0.2) is 0 Å². The van der Waals surface area contributed by atoms with Gasteiger partial charge in [-0.1, -0.05) is 0 Å². The van der Waals surface area contributed by atoms with Crippen molar-refractivity contribution in [2.24, 2.45) is 0 Å². The minimum atomic E-state index is -4.34. The molecule has 0 radical (unpaired) electrons. The molecule has 0 unspecified atom stereocenters. The van der Waals surface area contributed by atoms with Gasteiger partial charge < -0.3 is 0 Å². The Bertz CT molecular complexity index is 446. The van der Waals surface area contributed by atoms with Gasteiger partial charge in [0.05, 0.1) is 0 Å². The number of hydrogen-bond acceptors (Lipinski definition) is 9. The van der Waals surface area contributed by atoms with Crippen molar-refractivity contribution in [1.82, 2.24) is 0 Å². The van der Waals surface area contributed by atoms with Crippen molar-refractivity contribution in [3.63, 3.8) is 0 Å². The van der Waals surface area contributed by atoms with E-state index in [4.69, 9.17) is 0 Å². The van der Waals surface area contributed by atoms with Crippen LogP contribution in [0.5, 0.6) is 0 Å². The molecule has 0 saturated heterocycles. The van der Waals surface area contributed by atoms with Gasteiger partial charge in [-0.3, -0.25) is 0 Å². The molecular formula is C3H9O9S3Sb. The first-order chi connectivity index (χ1) is 6.79. The van der Waals surface area contributed by atoms with Crippen molar-refractivity contribution >= 4 is 51.8 Å². The van der Waals surface area contributed by atoms with Crippen LogP contribution in [0.25, 0.3) is 0 Å². The van der Waals surface area contributed by atoms with Gasteiger partial charge in [0.25, 0.3) is 0 Å². The molecule has 13 heteroatoms. The molecule has 16 heavy (non-hydrogen) atoms. The van der Waals surface area contributed by atoms with Crippen LogP contribution in [0.4, 0.5) is 0 Å². The molecule has 9 nitrogen and oxygen atoms in total. The molecular weight excluding hydrogens is 398 g/mol. The van der Waals surface area contributed by atoms with Gasteiger partial charge in [0, 0.05) is 0 Å². The number of rotatable bonds is 6. The fraction of sp³-hybridized carbons (Fsp3) is 1.00. The van der Waals surface area contributed by atoms with Gasteiger partial charge >= 0.3 is 103 Å². The zero-order valence-corrected chi connectivity index (χ0v) is 13.3. The van der Waals surface area contributed by atoms with E-state index in [9.17, 15) is 25.3 Å². The first-order valence-electron chi connectivity index (χ1n) is 3.27. The van der Waals surface area contributed by atoms with Gasteiger partial charge in [0.2, 0.25) is 0 Å². The summed E-state index contributed by atoms with van der Waals surface area (Å²) in [7, 11) is -12.2. The van der Waals surface area contributed by atoms with Crippen molar-refractivity contribution in [3.8, 4) is 0 Å². The molecule has 0 aliphatic heterocycles. The van der Waals surface area contributed by atoms with E-state index < -0.39 is 51.8 Å². The predicted octanol–water partition coefficient (Wildman–Crippen LogP) is -2.10. The summed E-state index contributed by atoms with van der Waals surface area (Å²) in [6.45, 7) is 0.